The van der Waals surface area contributed by atoms with E-state index < -0.39 is 8.07 Å². The molecule has 0 radical (unpaired) electrons. The van der Waals surface area contributed by atoms with Crippen LogP contribution in [0.3, 0.4) is 0 Å². The molecule has 1 aliphatic heterocycles. The van der Waals surface area contributed by atoms with Crippen LogP contribution >= 0.6 is 0 Å². The van der Waals surface area contributed by atoms with E-state index in [-0.39, 0.29) is 17.1 Å². The van der Waals surface area contributed by atoms with Crippen LogP contribution in [0.5, 0.6) is 0 Å². The molecule has 2 heterocycles. The number of fused-ring (bicyclic) bond motifs is 4. The Morgan fingerprint density at radius 3 is 1.74 bits per heavy atom. The van der Waals surface area contributed by atoms with E-state index in [4.69, 9.17) is 4.98 Å². The van der Waals surface area contributed by atoms with E-state index in [1.54, 1.807) is 12.3 Å². The monoisotopic (exact) mass is 508 g/mol. The zero-order chi connectivity index (χ0) is 26.0. The number of carbonyl (C=O) groups is 2. The number of aromatic nitrogens is 1. The molecule has 5 heteroatoms. The predicted molar refractivity (Wildman–Crippen MR) is 156 cm³/mol. The van der Waals surface area contributed by atoms with Crippen molar-refractivity contribution in [1.29, 1.82) is 0 Å². The molecule has 4 aromatic carbocycles. The Morgan fingerprint density at radius 2 is 1.21 bits per heavy atom. The fraction of sp³-hybridized carbons (Fsp3) is 0.0606. The van der Waals surface area contributed by atoms with Crippen LogP contribution in [0.15, 0.2) is 109 Å². The molecule has 1 aliphatic carbocycles. The zero-order valence-corrected chi connectivity index (χ0v) is 22.1. The SMILES string of the molecule is C[Si]1(C)c2ccccc2N(c2ccc(C=C3C(=O)c4cc5ccccc5cc4C3=O)cn2)c2ccccc21. The standard InChI is InChI=1S/C33H24N2O2Si/c1-38(2)29-13-7-5-11-27(29)35(28-12-6-8-14-30(28)38)31-16-15-21(20-34-31)17-26-32(36)24-18-22-9-3-4-10-23(22)19-25(24)33(26)37/h3-20H,1-2H3. The van der Waals surface area contributed by atoms with Gasteiger partial charge in [0.1, 0.15) is 13.9 Å². The first kappa shape index (κ1) is 22.6. The maximum Gasteiger partial charge on any atom is 0.197 e. The number of pyridine rings is 1. The molecule has 0 amide bonds. The third-order valence-corrected chi connectivity index (χ3v) is 11.4. The van der Waals surface area contributed by atoms with Crippen LogP contribution < -0.4 is 15.3 Å². The lowest BCUT2D eigenvalue weighted by atomic mass is 10.0. The van der Waals surface area contributed by atoms with Crippen molar-refractivity contribution < 1.29 is 9.59 Å². The Bertz CT molecular complexity index is 1730. The van der Waals surface area contributed by atoms with Crippen molar-refractivity contribution in [2.24, 2.45) is 0 Å². The highest BCUT2D eigenvalue weighted by molar-refractivity contribution is 7.02. The van der Waals surface area contributed by atoms with Gasteiger partial charge < -0.3 is 0 Å². The molecule has 0 fully saturated rings. The molecule has 0 unspecified atom stereocenters. The Labute approximate surface area is 221 Å². The van der Waals surface area contributed by atoms with Gasteiger partial charge in [-0.15, -0.1) is 0 Å². The maximum absolute atomic E-state index is 13.2. The molecular weight excluding hydrogens is 484 g/mol. The Balaban J connectivity index is 1.28. The van der Waals surface area contributed by atoms with Gasteiger partial charge in [-0.3, -0.25) is 14.5 Å². The summed E-state index contributed by atoms with van der Waals surface area (Å²) in [6, 6.07) is 32.5. The molecule has 38 heavy (non-hydrogen) atoms. The van der Waals surface area contributed by atoms with Gasteiger partial charge in [0.2, 0.25) is 0 Å². The molecule has 5 aromatic rings. The molecule has 4 nitrogen and oxygen atoms in total. The maximum atomic E-state index is 13.2. The fourth-order valence-corrected chi connectivity index (χ4v) is 8.83. The molecule has 182 valence electrons. The summed E-state index contributed by atoms with van der Waals surface area (Å²) in [7, 11) is -1.86. The summed E-state index contributed by atoms with van der Waals surface area (Å²) in [6.07, 6.45) is 3.41. The van der Waals surface area contributed by atoms with Crippen LogP contribution in [0, 0.1) is 0 Å². The quantitative estimate of drug-likeness (QED) is 0.159. The molecule has 1 aromatic heterocycles. The number of hydrogen-bond acceptors (Lipinski definition) is 4. The van der Waals surface area contributed by atoms with E-state index in [0.717, 1.165) is 33.5 Å². The van der Waals surface area contributed by atoms with Gasteiger partial charge in [-0.05, 0) is 69.2 Å². The number of anilines is 3. The summed E-state index contributed by atoms with van der Waals surface area (Å²) < 4.78 is 0. The van der Waals surface area contributed by atoms with Crippen LogP contribution in [-0.2, 0) is 0 Å². The Morgan fingerprint density at radius 1 is 0.684 bits per heavy atom. The number of hydrogen-bond donors (Lipinski definition) is 0. The third-order valence-electron chi connectivity index (χ3n) is 7.81. The molecule has 2 aliphatic rings. The summed E-state index contributed by atoms with van der Waals surface area (Å²) in [5.41, 5.74) is 4.16. The third kappa shape index (κ3) is 3.25. The normalized spacial score (nSPS) is 15.3. The smallest absolute Gasteiger partial charge is 0.197 e. The van der Waals surface area contributed by atoms with Gasteiger partial charge in [0.25, 0.3) is 0 Å². The van der Waals surface area contributed by atoms with Crippen LogP contribution in [0.25, 0.3) is 16.8 Å². The molecule has 7 rings (SSSR count). The largest absolute Gasteiger partial charge is 0.295 e. The number of Topliss-reactive ketones (excluding diaryl/α,β-unsaturated/α-hetero) is 2. The van der Waals surface area contributed by atoms with E-state index in [0.29, 0.717) is 11.1 Å². The second-order valence-electron chi connectivity index (χ2n) is 10.4. The van der Waals surface area contributed by atoms with Crippen molar-refractivity contribution >= 4 is 64.1 Å². The molecule has 0 spiro atoms. The van der Waals surface area contributed by atoms with E-state index >= 15 is 0 Å². The topological polar surface area (TPSA) is 50.3 Å². The van der Waals surface area contributed by atoms with Crippen molar-refractivity contribution in [3.63, 3.8) is 0 Å². The van der Waals surface area contributed by atoms with Crippen LogP contribution in [-0.4, -0.2) is 24.6 Å². The van der Waals surface area contributed by atoms with Crippen LogP contribution in [0.4, 0.5) is 17.2 Å². The second kappa shape index (κ2) is 8.20. The van der Waals surface area contributed by atoms with E-state index in [9.17, 15) is 9.59 Å². The van der Waals surface area contributed by atoms with Crippen molar-refractivity contribution in [1.82, 2.24) is 4.98 Å². The summed E-state index contributed by atoms with van der Waals surface area (Å²) in [5.74, 6) is 0.340. The number of carbonyl (C=O) groups excluding carboxylic acids is 2. The zero-order valence-electron chi connectivity index (χ0n) is 21.1. The number of benzene rings is 4. The first-order valence-electron chi connectivity index (χ1n) is 12.7. The summed E-state index contributed by atoms with van der Waals surface area (Å²) >= 11 is 0. The molecule has 0 bridgehead atoms. The van der Waals surface area contributed by atoms with Gasteiger partial charge in [-0.25, -0.2) is 4.98 Å². The summed E-state index contributed by atoms with van der Waals surface area (Å²) in [4.78, 5) is 33.4. The van der Waals surface area contributed by atoms with E-state index in [2.05, 4.69) is 66.5 Å². The lowest BCUT2D eigenvalue weighted by Crippen LogP contribution is -2.58. The van der Waals surface area contributed by atoms with Gasteiger partial charge in [-0.2, -0.15) is 0 Å². The highest BCUT2D eigenvalue weighted by atomic mass is 28.3. The lowest BCUT2D eigenvalue weighted by molar-refractivity contribution is 0.0990. The van der Waals surface area contributed by atoms with Crippen LogP contribution in [0.2, 0.25) is 13.1 Å². The van der Waals surface area contributed by atoms with Gasteiger partial charge in [0.15, 0.2) is 11.6 Å². The lowest BCUT2D eigenvalue weighted by Gasteiger charge is -2.40. The molecular formula is C33H24N2O2Si. The Hall–Kier alpha value is -4.61. The number of para-hydroxylation sites is 2. The van der Waals surface area contributed by atoms with E-state index in [1.165, 1.54) is 10.4 Å². The van der Waals surface area contributed by atoms with Gasteiger partial charge in [0, 0.05) is 28.7 Å². The average molecular weight is 509 g/mol. The fourth-order valence-electron chi connectivity index (χ4n) is 5.84. The second-order valence-corrected chi connectivity index (χ2v) is 14.7. The summed E-state index contributed by atoms with van der Waals surface area (Å²) in [6.45, 7) is 4.78. The molecule has 0 N–H and O–H groups in total. The first-order valence-corrected chi connectivity index (χ1v) is 15.7. The minimum Gasteiger partial charge on any atom is -0.295 e. The number of nitrogens with zero attached hydrogens (tertiary/aromatic N) is 2. The predicted octanol–water partition coefficient (Wildman–Crippen LogP) is 6.30. The number of rotatable bonds is 2. The highest BCUT2D eigenvalue weighted by Gasteiger charge is 2.38. The number of ketones is 2. The molecule has 0 saturated heterocycles. The van der Waals surface area contributed by atoms with Gasteiger partial charge >= 0.3 is 0 Å². The molecule has 0 saturated carbocycles. The minimum atomic E-state index is -1.86. The highest BCUT2D eigenvalue weighted by Crippen LogP contribution is 2.37. The number of allylic oxidation sites excluding steroid dienone is 1. The van der Waals surface area contributed by atoms with E-state index in [1.807, 2.05) is 48.5 Å². The van der Waals surface area contributed by atoms with Crippen molar-refractivity contribution in [3.05, 3.63) is 126 Å². The summed E-state index contributed by atoms with van der Waals surface area (Å²) in [5, 5.41) is 4.65. The first-order chi connectivity index (χ1) is 18.4. The van der Waals surface area contributed by atoms with Crippen molar-refractivity contribution in [2.75, 3.05) is 4.90 Å². The molecule has 0 atom stereocenters. The minimum absolute atomic E-state index is 0.186. The van der Waals surface area contributed by atoms with Gasteiger partial charge in [-0.1, -0.05) is 73.8 Å². The van der Waals surface area contributed by atoms with Crippen molar-refractivity contribution in [2.45, 2.75) is 13.1 Å². The average Bonchev–Trinajstić information content (AvgIpc) is 3.17. The Kier molecular flexibility index (Phi) is 4.87. The van der Waals surface area contributed by atoms with Crippen LogP contribution in [0.1, 0.15) is 26.3 Å². The van der Waals surface area contributed by atoms with Gasteiger partial charge in [0.05, 0.1) is 5.57 Å². The van der Waals surface area contributed by atoms with Crippen molar-refractivity contribution in [3.8, 4) is 0 Å².